The van der Waals surface area contributed by atoms with E-state index in [4.69, 9.17) is 4.74 Å². The highest BCUT2D eigenvalue weighted by molar-refractivity contribution is 8.01. The van der Waals surface area contributed by atoms with Gasteiger partial charge >= 0.3 is 0 Å². The summed E-state index contributed by atoms with van der Waals surface area (Å²) >= 11 is 2.84. The Morgan fingerprint density at radius 3 is 3.06 bits per heavy atom. The van der Waals surface area contributed by atoms with Crippen molar-refractivity contribution in [3.05, 3.63) is 52.1 Å². The van der Waals surface area contributed by atoms with Crippen molar-refractivity contribution in [2.24, 2.45) is 4.99 Å². The van der Waals surface area contributed by atoms with Crippen LogP contribution in [-0.2, 0) is 9.53 Å². The number of thiazole rings is 1. The summed E-state index contributed by atoms with van der Waals surface area (Å²) in [5, 5.41) is 23.7. The average molecular weight is 473 g/mol. The van der Waals surface area contributed by atoms with Crippen LogP contribution >= 0.6 is 23.1 Å². The van der Waals surface area contributed by atoms with Crippen molar-refractivity contribution in [2.75, 3.05) is 18.9 Å². The monoisotopic (exact) mass is 472 g/mol. The lowest BCUT2D eigenvalue weighted by Crippen LogP contribution is -2.32. The second kappa shape index (κ2) is 10.1. The number of fused-ring (bicyclic) bond motifs is 1. The van der Waals surface area contributed by atoms with Crippen molar-refractivity contribution in [1.82, 2.24) is 10.3 Å². The molecule has 32 heavy (non-hydrogen) atoms. The molecule has 166 valence electrons. The number of aliphatic imine (C=N–C) groups is 1. The van der Waals surface area contributed by atoms with E-state index >= 15 is 0 Å². The number of hydrogen-bond acceptors (Lipinski definition) is 9. The highest BCUT2D eigenvalue weighted by atomic mass is 32.2. The molecule has 1 aliphatic rings. The quantitative estimate of drug-likeness (QED) is 0.219. The van der Waals surface area contributed by atoms with Crippen LogP contribution in [0.3, 0.4) is 0 Å². The molecule has 0 radical (unpaired) electrons. The van der Waals surface area contributed by atoms with Crippen molar-refractivity contribution in [3.8, 4) is 5.75 Å². The third kappa shape index (κ3) is 5.61. The smallest absolute Gasteiger partial charge is 0.270 e. The van der Waals surface area contributed by atoms with E-state index in [0.29, 0.717) is 12.2 Å². The zero-order valence-electron chi connectivity index (χ0n) is 16.9. The molecular weight excluding hydrogens is 452 g/mol. The highest BCUT2D eigenvalue weighted by Gasteiger charge is 2.16. The number of carbonyl (C=O) groups is 1. The number of amides is 1. The SMILES string of the molecule is O=C(CSc1nc2ccc(N=Cc3cc([N+](=O)[O-])ccc3O)cc2s1)NC[C@@H]1CCCO1. The van der Waals surface area contributed by atoms with Crippen molar-refractivity contribution >= 4 is 56.8 Å². The molecule has 1 saturated heterocycles. The van der Waals surface area contributed by atoms with Crippen molar-refractivity contribution in [1.29, 1.82) is 0 Å². The predicted octanol–water partition coefficient (Wildman–Crippen LogP) is 4.05. The molecule has 3 aromatic rings. The normalized spacial score (nSPS) is 16.1. The fourth-order valence-corrected chi connectivity index (χ4v) is 5.08. The number of ether oxygens (including phenoxy) is 1. The maximum absolute atomic E-state index is 12.1. The summed E-state index contributed by atoms with van der Waals surface area (Å²) in [4.78, 5) is 31.3. The van der Waals surface area contributed by atoms with Crippen LogP contribution in [0.4, 0.5) is 11.4 Å². The third-order valence-electron chi connectivity index (χ3n) is 4.80. The van der Waals surface area contributed by atoms with Crippen molar-refractivity contribution in [2.45, 2.75) is 23.3 Å². The molecule has 0 spiro atoms. The number of hydrogen-bond donors (Lipinski definition) is 2. The van der Waals surface area contributed by atoms with E-state index in [2.05, 4.69) is 15.3 Å². The number of rotatable bonds is 8. The number of aromatic nitrogens is 1. The van der Waals surface area contributed by atoms with Gasteiger partial charge in [-0.1, -0.05) is 11.8 Å². The van der Waals surface area contributed by atoms with Crippen LogP contribution in [-0.4, -0.2) is 52.1 Å². The number of nitro groups is 1. The van der Waals surface area contributed by atoms with Gasteiger partial charge < -0.3 is 15.2 Å². The van der Waals surface area contributed by atoms with Crippen molar-refractivity contribution < 1.29 is 19.6 Å². The number of non-ortho nitro benzene ring substituents is 1. The van der Waals surface area contributed by atoms with Gasteiger partial charge in [-0.15, -0.1) is 11.3 Å². The van der Waals surface area contributed by atoms with Gasteiger partial charge in [-0.05, 0) is 37.1 Å². The minimum Gasteiger partial charge on any atom is -0.507 e. The lowest BCUT2D eigenvalue weighted by molar-refractivity contribution is -0.384. The zero-order chi connectivity index (χ0) is 22.5. The van der Waals surface area contributed by atoms with Crippen LogP contribution in [0.25, 0.3) is 10.2 Å². The van der Waals surface area contributed by atoms with Gasteiger partial charge in [-0.2, -0.15) is 0 Å². The lowest BCUT2D eigenvalue weighted by atomic mass is 10.2. The largest absolute Gasteiger partial charge is 0.507 e. The molecule has 0 aliphatic carbocycles. The van der Waals surface area contributed by atoms with Crippen molar-refractivity contribution in [3.63, 3.8) is 0 Å². The highest BCUT2D eigenvalue weighted by Crippen LogP contribution is 2.32. The van der Waals surface area contributed by atoms with E-state index in [0.717, 1.165) is 34.0 Å². The van der Waals surface area contributed by atoms with Crippen LogP contribution in [0.15, 0.2) is 45.7 Å². The van der Waals surface area contributed by atoms with Gasteiger partial charge in [-0.3, -0.25) is 19.9 Å². The first-order valence-corrected chi connectivity index (χ1v) is 11.7. The fourth-order valence-electron chi connectivity index (χ4n) is 3.15. The maximum atomic E-state index is 12.1. The van der Waals surface area contributed by atoms with Crippen LogP contribution in [0.2, 0.25) is 0 Å². The molecule has 2 N–H and O–H groups in total. The number of phenolic OH excluding ortho intramolecular Hbond substituents is 1. The van der Waals surface area contributed by atoms with E-state index in [-0.39, 0.29) is 34.8 Å². The Kier molecular flexibility index (Phi) is 6.98. The molecular formula is C21H20N4O5S2. The molecule has 0 unspecified atom stereocenters. The topological polar surface area (TPSA) is 127 Å². The molecule has 0 saturated carbocycles. The molecule has 1 amide bonds. The molecule has 11 heteroatoms. The number of aromatic hydroxyl groups is 1. The lowest BCUT2D eigenvalue weighted by Gasteiger charge is -2.09. The molecule has 1 aromatic heterocycles. The Morgan fingerprint density at radius 2 is 2.28 bits per heavy atom. The molecule has 2 heterocycles. The van der Waals surface area contributed by atoms with E-state index < -0.39 is 4.92 Å². The first kappa shape index (κ1) is 22.2. The molecule has 4 rings (SSSR count). The molecule has 1 fully saturated rings. The summed E-state index contributed by atoms with van der Waals surface area (Å²) in [6, 6.07) is 9.22. The van der Waals surface area contributed by atoms with Gasteiger partial charge in [0.25, 0.3) is 5.69 Å². The second-order valence-electron chi connectivity index (χ2n) is 7.12. The summed E-state index contributed by atoms with van der Waals surface area (Å²) < 4.78 is 7.19. The third-order valence-corrected chi connectivity index (χ3v) is 6.97. The Bertz CT molecular complexity index is 1170. The van der Waals surface area contributed by atoms with Gasteiger partial charge in [0.15, 0.2) is 4.34 Å². The number of phenols is 1. The maximum Gasteiger partial charge on any atom is 0.270 e. The average Bonchev–Trinajstić information content (AvgIpc) is 3.44. The molecule has 9 nitrogen and oxygen atoms in total. The summed E-state index contributed by atoms with van der Waals surface area (Å²) in [6.45, 7) is 1.31. The van der Waals surface area contributed by atoms with Crippen LogP contribution in [0, 0.1) is 10.1 Å². The Balaban J connectivity index is 1.38. The summed E-state index contributed by atoms with van der Waals surface area (Å²) in [5.74, 6) is 0.144. The second-order valence-corrected chi connectivity index (χ2v) is 9.37. The van der Waals surface area contributed by atoms with E-state index in [9.17, 15) is 20.0 Å². The number of benzene rings is 2. The first-order chi connectivity index (χ1) is 15.5. The van der Waals surface area contributed by atoms with Gasteiger partial charge in [-0.25, -0.2) is 4.98 Å². The molecule has 1 aliphatic heterocycles. The number of nitrogens with one attached hydrogen (secondary N) is 1. The van der Waals surface area contributed by atoms with Crippen LogP contribution in [0.1, 0.15) is 18.4 Å². The standard InChI is InChI=1S/C21H20N4O5S2/c26-18-6-4-15(25(28)29)8-13(18)10-22-14-3-5-17-19(9-14)32-21(24-17)31-12-20(27)23-11-16-2-1-7-30-16/h3-6,8-10,16,26H,1-2,7,11-12H2,(H,23,27)/t16-/m0/s1. The Labute approximate surface area is 191 Å². The number of nitro benzene ring substituents is 1. The van der Waals surface area contributed by atoms with E-state index in [1.807, 2.05) is 12.1 Å². The minimum atomic E-state index is -0.526. The molecule has 1 atom stereocenters. The molecule has 2 aromatic carbocycles. The van der Waals surface area contributed by atoms with Crippen LogP contribution < -0.4 is 5.32 Å². The van der Waals surface area contributed by atoms with Gasteiger partial charge in [0.05, 0.1) is 32.7 Å². The predicted molar refractivity (Wildman–Crippen MR) is 124 cm³/mol. The van der Waals surface area contributed by atoms with E-state index in [1.54, 1.807) is 6.07 Å². The Morgan fingerprint density at radius 1 is 1.41 bits per heavy atom. The number of thioether (sulfide) groups is 1. The zero-order valence-corrected chi connectivity index (χ0v) is 18.5. The summed E-state index contributed by atoms with van der Waals surface area (Å²) in [6.07, 6.45) is 3.53. The van der Waals surface area contributed by atoms with Gasteiger partial charge in [0.1, 0.15) is 5.75 Å². The van der Waals surface area contributed by atoms with Crippen LogP contribution in [0.5, 0.6) is 5.75 Å². The Hall–Kier alpha value is -3.02. The summed E-state index contributed by atoms with van der Waals surface area (Å²) in [7, 11) is 0. The number of nitrogens with zero attached hydrogens (tertiary/aromatic N) is 3. The fraction of sp³-hybridized carbons (Fsp3) is 0.286. The first-order valence-electron chi connectivity index (χ1n) is 9.91. The van der Waals surface area contributed by atoms with Gasteiger partial charge in [0, 0.05) is 37.1 Å². The van der Waals surface area contributed by atoms with E-state index in [1.165, 1.54) is 47.5 Å². The van der Waals surface area contributed by atoms with Gasteiger partial charge in [0.2, 0.25) is 5.91 Å². The molecule has 0 bridgehead atoms. The summed E-state index contributed by atoms with van der Waals surface area (Å²) in [5.41, 5.74) is 1.56. The number of carbonyl (C=O) groups excluding carboxylic acids is 1. The minimum absolute atomic E-state index is 0.0493.